The Hall–Kier alpha value is -2.57. The first kappa shape index (κ1) is 17.3. The molecular formula is C18H20F2N2O3. The number of nitrogens with zero attached hydrogens (tertiary/aromatic N) is 1. The van der Waals surface area contributed by atoms with E-state index in [4.69, 9.17) is 4.42 Å². The van der Waals surface area contributed by atoms with Gasteiger partial charge in [-0.2, -0.15) is 8.78 Å². The number of alkyl halides is 2. The maximum atomic E-state index is 12.4. The average molecular weight is 350 g/mol. The lowest BCUT2D eigenvalue weighted by molar-refractivity contribution is -0.0499. The van der Waals surface area contributed by atoms with Crippen molar-refractivity contribution < 1.29 is 22.7 Å². The third-order valence-electron chi connectivity index (χ3n) is 4.27. The molecule has 3 rings (SSSR count). The fourth-order valence-corrected chi connectivity index (χ4v) is 3.08. The molecule has 0 aliphatic heterocycles. The van der Waals surface area contributed by atoms with Crippen molar-refractivity contribution in [2.75, 3.05) is 7.05 Å². The van der Waals surface area contributed by atoms with Crippen molar-refractivity contribution in [3.05, 3.63) is 53.5 Å². The second-order valence-electron chi connectivity index (χ2n) is 6.07. The highest BCUT2D eigenvalue weighted by molar-refractivity contribution is 5.74. The number of ether oxygens (including phenoxy) is 1. The number of amides is 2. The van der Waals surface area contributed by atoms with Crippen molar-refractivity contribution >= 4 is 6.03 Å². The SMILES string of the molecule is CN(Cc1ccco1)C(=O)NC1CCCc2cc(OC(F)F)ccc21. The van der Waals surface area contributed by atoms with Gasteiger partial charge in [0.25, 0.3) is 0 Å². The maximum Gasteiger partial charge on any atom is 0.387 e. The molecule has 1 heterocycles. The Labute approximate surface area is 144 Å². The van der Waals surface area contributed by atoms with Crippen LogP contribution in [0, 0.1) is 0 Å². The van der Waals surface area contributed by atoms with Gasteiger partial charge in [0.1, 0.15) is 11.5 Å². The number of fused-ring (bicyclic) bond motifs is 1. The molecule has 134 valence electrons. The second-order valence-corrected chi connectivity index (χ2v) is 6.07. The van der Waals surface area contributed by atoms with Crippen LogP contribution in [0.25, 0.3) is 0 Å². The number of aryl methyl sites for hydroxylation is 1. The minimum Gasteiger partial charge on any atom is -0.467 e. The number of halogens is 2. The van der Waals surface area contributed by atoms with Crippen molar-refractivity contribution in [2.45, 2.75) is 38.5 Å². The van der Waals surface area contributed by atoms with Gasteiger partial charge in [-0.25, -0.2) is 4.79 Å². The Balaban J connectivity index is 1.67. The lowest BCUT2D eigenvalue weighted by Crippen LogP contribution is -2.39. The largest absolute Gasteiger partial charge is 0.467 e. The smallest absolute Gasteiger partial charge is 0.387 e. The van der Waals surface area contributed by atoms with E-state index < -0.39 is 6.61 Å². The van der Waals surface area contributed by atoms with E-state index in [2.05, 4.69) is 10.1 Å². The maximum absolute atomic E-state index is 12.4. The Morgan fingerprint density at radius 1 is 1.44 bits per heavy atom. The number of hydrogen-bond donors (Lipinski definition) is 1. The monoisotopic (exact) mass is 350 g/mol. The fourth-order valence-electron chi connectivity index (χ4n) is 3.08. The molecule has 1 aromatic heterocycles. The molecule has 1 aromatic carbocycles. The highest BCUT2D eigenvalue weighted by Crippen LogP contribution is 2.32. The van der Waals surface area contributed by atoms with Crippen LogP contribution in [0.3, 0.4) is 0 Å². The zero-order chi connectivity index (χ0) is 17.8. The summed E-state index contributed by atoms with van der Waals surface area (Å²) in [5.41, 5.74) is 1.89. The highest BCUT2D eigenvalue weighted by Gasteiger charge is 2.24. The Bertz CT molecular complexity index is 719. The molecule has 0 fully saturated rings. The summed E-state index contributed by atoms with van der Waals surface area (Å²) in [4.78, 5) is 14.0. The van der Waals surface area contributed by atoms with Crippen LogP contribution < -0.4 is 10.1 Å². The predicted molar refractivity (Wildman–Crippen MR) is 87.5 cm³/mol. The molecule has 25 heavy (non-hydrogen) atoms. The molecule has 1 aliphatic rings. The average Bonchev–Trinajstić information content (AvgIpc) is 3.07. The summed E-state index contributed by atoms with van der Waals surface area (Å²) in [6.07, 6.45) is 4.03. The van der Waals surface area contributed by atoms with Crippen LogP contribution in [0.1, 0.15) is 35.8 Å². The van der Waals surface area contributed by atoms with E-state index in [9.17, 15) is 13.6 Å². The minimum absolute atomic E-state index is 0.143. The summed E-state index contributed by atoms with van der Waals surface area (Å²) in [7, 11) is 1.70. The summed E-state index contributed by atoms with van der Waals surface area (Å²) in [6.45, 7) is -2.47. The molecule has 1 N–H and O–H groups in total. The third-order valence-corrected chi connectivity index (χ3v) is 4.27. The van der Waals surface area contributed by atoms with Gasteiger partial charge in [0.15, 0.2) is 0 Å². The van der Waals surface area contributed by atoms with Gasteiger partial charge in [-0.05, 0) is 54.7 Å². The first-order valence-corrected chi connectivity index (χ1v) is 8.14. The first-order chi connectivity index (χ1) is 12.0. The van der Waals surface area contributed by atoms with Crippen molar-refractivity contribution in [1.29, 1.82) is 0 Å². The summed E-state index contributed by atoms with van der Waals surface area (Å²) in [5, 5.41) is 3.00. The van der Waals surface area contributed by atoms with Crippen LogP contribution in [0.15, 0.2) is 41.0 Å². The number of hydrogen-bond acceptors (Lipinski definition) is 3. The molecule has 2 amide bonds. The standard InChI is InChI=1S/C18H20F2N2O3/c1-22(11-14-5-3-9-24-14)18(23)21-16-6-2-4-12-10-13(25-17(19)20)7-8-15(12)16/h3,5,7-10,16-17H,2,4,6,11H2,1H3,(H,21,23). The lowest BCUT2D eigenvalue weighted by atomic mass is 9.87. The van der Waals surface area contributed by atoms with Gasteiger partial charge in [-0.3, -0.25) is 0 Å². The highest BCUT2D eigenvalue weighted by atomic mass is 19.3. The zero-order valence-corrected chi connectivity index (χ0v) is 13.9. The number of furan rings is 1. The van der Waals surface area contributed by atoms with Gasteiger partial charge in [-0.1, -0.05) is 6.07 Å². The number of urea groups is 1. The minimum atomic E-state index is -2.84. The second kappa shape index (κ2) is 7.55. The molecule has 0 spiro atoms. The van der Waals surface area contributed by atoms with Gasteiger partial charge >= 0.3 is 12.6 Å². The lowest BCUT2D eigenvalue weighted by Gasteiger charge is -2.28. The number of carbonyl (C=O) groups excluding carboxylic acids is 1. The Morgan fingerprint density at radius 3 is 3.00 bits per heavy atom. The van der Waals surface area contributed by atoms with Crippen molar-refractivity contribution in [2.24, 2.45) is 0 Å². The van der Waals surface area contributed by atoms with Crippen molar-refractivity contribution in [3.8, 4) is 5.75 Å². The van der Waals surface area contributed by atoms with E-state index in [1.807, 2.05) is 6.07 Å². The molecule has 2 aromatic rings. The number of carbonyl (C=O) groups is 1. The topological polar surface area (TPSA) is 54.7 Å². The first-order valence-electron chi connectivity index (χ1n) is 8.14. The molecule has 1 aliphatic carbocycles. The van der Waals surface area contributed by atoms with Crippen LogP contribution >= 0.6 is 0 Å². The van der Waals surface area contributed by atoms with Crippen LogP contribution in [0.2, 0.25) is 0 Å². The molecule has 1 atom stereocenters. The van der Waals surface area contributed by atoms with E-state index in [0.717, 1.165) is 30.4 Å². The Kier molecular flexibility index (Phi) is 5.21. The molecule has 0 bridgehead atoms. The van der Waals surface area contributed by atoms with E-state index in [0.29, 0.717) is 12.3 Å². The van der Waals surface area contributed by atoms with Gasteiger partial charge in [0.2, 0.25) is 0 Å². The predicted octanol–water partition coefficient (Wildman–Crippen LogP) is 4.10. The van der Waals surface area contributed by atoms with E-state index in [1.54, 1.807) is 36.4 Å². The molecule has 7 heteroatoms. The van der Waals surface area contributed by atoms with Gasteiger partial charge < -0.3 is 19.4 Å². The zero-order valence-electron chi connectivity index (χ0n) is 13.9. The van der Waals surface area contributed by atoms with Gasteiger partial charge in [-0.15, -0.1) is 0 Å². The van der Waals surface area contributed by atoms with Crippen LogP contribution in [-0.2, 0) is 13.0 Å². The molecule has 0 saturated heterocycles. The Morgan fingerprint density at radius 2 is 2.28 bits per heavy atom. The van der Waals surface area contributed by atoms with Crippen LogP contribution in [0.4, 0.5) is 13.6 Å². The fraction of sp³-hybridized carbons (Fsp3) is 0.389. The van der Waals surface area contributed by atoms with E-state index in [-0.39, 0.29) is 17.8 Å². The summed E-state index contributed by atoms with van der Waals surface area (Å²) >= 11 is 0. The summed E-state index contributed by atoms with van der Waals surface area (Å²) in [6, 6.07) is 8.14. The molecule has 0 radical (unpaired) electrons. The summed E-state index contributed by atoms with van der Waals surface area (Å²) < 4.78 is 34.4. The molecule has 0 saturated carbocycles. The number of rotatable bonds is 5. The van der Waals surface area contributed by atoms with Crippen LogP contribution in [0.5, 0.6) is 5.75 Å². The van der Waals surface area contributed by atoms with E-state index >= 15 is 0 Å². The number of benzene rings is 1. The quantitative estimate of drug-likeness (QED) is 0.883. The van der Waals surface area contributed by atoms with Crippen LogP contribution in [-0.4, -0.2) is 24.6 Å². The van der Waals surface area contributed by atoms with E-state index in [1.165, 1.54) is 6.07 Å². The van der Waals surface area contributed by atoms with Gasteiger partial charge in [0, 0.05) is 7.05 Å². The van der Waals surface area contributed by atoms with Crippen molar-refractivity contribution in [1.82, 2.24) is 10.2 Å². The molecule has 5 nitrogen and oxygen atoms in total. The third kappa shape index (κ3) is 4.29. The molecule has 1 unspecified atom stereocenters. The van der Waals surface area contributed by atoms with Gasteiger partial charge in [0.05, 0.1) is 18.8 Å². The number of nitrogens with one attached hydrogen (secondary N) is 1. The summed E-state index contributed by atoms with van der Waals surface area (Å²) in [5.74, 6) is 0.853. The normalized spacial score (nSPS) is 16.4. The molecular weight excluding hydrogens is 330 g/mol. The van der Waals surface area contributed by atoms with Crippen molar-refractivity contribution in [3.63, 3.8) is 0 Å².